The molecule has 0 fully saturated rings. The van der Waals surface area contributed by atoms with Crippen LogP contribution in [0.1, 0.15) is 11.4 Å². The first-order valence-electron chi connectivity index (χ1n) is 9.72. The van der Waals surface area contributed by atoms with E-state index in [0.717, 1.165) is 33.4 Å². The molecule has 0 aliphatic rings. The molecule has 31 heavy (non-hydrogen) atoms. The van der Waals surface area contributed by atoms with Crippen LogP contribution in [0.15, 0.2) is 88.8 Å². The Morgan fingerprint density at radius 2 is 1.65 bits per heavy atom. The van der Waals surface area contributed by atoms with Gasteiger partial charge < -0.3 is 4.52 Å². The summed E-state index contributed by atoms with van der Waals surface area (Å²) in [5.41, 5.74) is 4.00. The summed E-state index contributed by atoms with van der Waals surface area (Å²) in [6.45, 7) is 2.07. The van der Waals surface area contributed by atoms with E-state index in [1.807, 2.05) is 54.6 Å². The maximum atomic E-state index is 5.42. The molecule has 5 rings (SSSR count). The molecule has 0 aliphatic heterocycles. The van der Waals surface area contributed by atoms with E-state index in [4.69, 9.17) is 4.52 Å². The summed E-state index contributed by atoms with van der Waals surface area (Å²) in [5.74, 6) is 2.39. The van der Waals surface area contributed by atoms with E-state index in [0.29, 0.717) is 17.5 Å². The van der Waals surface area contributed by atoms with Crippen LogP contribution in [0.5, 0.6) is 0 Å². The highest BCUT2D eigenvalue weighted by molar-refractivity contribution is 7.98. The van der Waals surface area contributed by atoms with E-state index in [9.17, 15) is 0 Å². The third-order valence-electron chi connectivity index (χ3n) is 4.75. The van der Waals surface area contributed by atoms with Crippen molar-refractivity contribution in [1.29, 1.82) is 0 Å². The predicted molar refractivity (Wildman–Crippen MR) is 119 cm³/mol. The second kappa shape index (κ2) is 8.53. The van der Waals surface area contributed by atoms with E-state index < -0.39 is 0 Å². The van der Waals surface area contributed by atoms with E-state index in [-0.39, 0.29) is 0 Å². The average molecular weight is 427 g/mol. The van der Waals surface area contributed by atoms with Gasteiger partial charge in [0.25, 0.3) is 5.89 Å². The largest absolute Gasteiger partial charge is 0.334 e. The first-order chi connectivity index (χ1) is 15.3. The summed E-state index contributed by atoms with van der Waals surface area (Å²) in [6.07, 6.45) is 3.51. The van der Waals surface area contributed by atoms with Crippen molar-refractivity contribution in [1.82, 2.24) is 29.9 Å². The van der Waals surface area contributed by atoms with Gasteiger partial charge in [-0.2, -0.15) is 4.98 Å². The van der Waals surface area contributed by atoms with Gasteiger partial charge in [0.2, 0.25) is 0 Å². The molecule has 0 saturated heterocycles. The van der Waals surface area contributed by atoms with Crippen LogP contribution in [0, 0.1) is 6.92 Å². The predicted octanol–water partition coefficient (Wildman–Crippen LogP) is 4.98. The third-order valence-corrected chi connectivity index (χ3v) is 5.67. The molecule has 0 spiro atoms. The van der Waals surface area contributed by atoms with Crippen molar-refractivity contribution in [3.63, 3.8) is 0 Å². The van der Waals surface area contributed by atoms with Gasteiger partial charge in [0, 0.05) is 23.5 Å². The van der Waals surface area contributed by atoms with Crippen LogP contribution < -0.4 is 0 Å². The Bertz CT molecular complexity index is 1300. The molecule has 0 radical (unpaired) electrons. The Morgan fingerprint density at radius 1 is 0.871 bits per heavy atom. The van der Waals surface area contributed by atoms with Crippen LogP contribution in [0.2, 0.25) is 0 Å². The molecule has 0 saturated carbocycles. The van der Waals surface area contributed by atoms with Gasteiger partial charge in [-0.15, -0.1) is 10.2 Å². The molecule has 0 N–H and O–H groups in total. The van der Waals surface area contributed by atoms with E-state index in [1.165, 1.54) is 11.8 Å². The Kier molecular flexibility index (Phi) is 5.28. The highest BCUT2D eigenvalue weighted by Gasteiger charge is 2.18. The molecule has 0 unspecified atom stereocenters. The lowest BCUT2D eigenvalue weighted by molar-refractivity contribution is 0.425. The molecule has 0 atom stereocenters. The van der Waals surface area contributed by atoms with Crippen molar-refractivity contribution < 1.29 is 4.52 Å². The van der Waals surface area contributed by atoms with Crippen LogP contribution in [0.25, 0.3) is 28.5 Å². The van der Waals surface area contributed by atoms with Gasteiger partial charge in [-0.25, -0.2) is 0 Å². The fraction of sp³-hybridized carbons (Fsp3) is 0.0870. The molecule has 2 aromatic carbocycles. The van der Waals surface area contributed by atoms with Crippen molar-refractivity contribution in [2.75, 3.05) is 0 Å². The smallest absolute Gasteiger partial charge is 0.257 e. The monoisotopic (exact) mass is 426 g/mol. The molecule has 0 amide bonds. The highest BCUT2D eigenvalue weighted by atomic mass is 32.2. The summed E-state index contributed by atoms with van der Waals surface area (Å²) in [6, 6.07) is 21.8. The fourth-order valence-corrected chi connectivity index (χ4v) is 4.01. The van der Waals surface area contributed by atoms with Crippen LogP contribution in [0.3, 0.4) is 0 Å². The van der Waals surface area contributed by atoms with Crippen LogP contribution in [0.4, 0.5) is 0 Å². The highest BCUT2D eigenvalue weighted by Crippen LogP contribution is 2.30. The number of para-hydroxylation sites is 1. The lowest BCUT2D eigenvalue weighted by Crippen LogP contribution is -2.02. The van der Waals surface area contributed by atoms with Gasteiger partial charge >= 0.3 is 0 Å². The molecule has 8 heteroatoms. The first-order valence-corrected chi connectivity index (χ1v) is 10.7. The first kappa shape index (κ1) is 19.2. The summed E-state index contributed by atoms with van der Waals surface area (Å²) >= 11 is 1.52. The summed E-state index contributed by atoms with van der Waals surface area (Å²) in [5, 5.41) is 13.8. The number of thioether (sulfide) groups is 1. The van der Waals surface area contributed by atoms with Gasteiger partial charge in [0.1, 0.15) is 0 Å². The summed E-state index contributed by atoms with van der Waals surface area (Å²) in [7, 11) is 0. The summed E-state index contributed by atoms with van der Waals surface area (Å²) in [4.78, 5) is 8.63. The SMILES string of the molecule is Cc1ccccc1-n1c(SCc2noc(-c3ccccc3)n2)nnc1-c1ccncc1. The van der Waals surface area contributed by atoms with Crippen LogP contribution >= 0.6 is 11.8 Å². The molecule has 0 aliphatic carbocycles. The second-order valence-electron chi connectivity index (χ2n) is 6.83. The van der Waals surface area contributed by atoms with Crippen molar-refractivity contribution in [3.8, 4) is 28.5 Å². The van der Waals surface area contributed by atoms with Gasteiger partial charge in [-0.3, -0.25) is 9.55 Å². The molecule has 7 nitrogen and oxygen atoms in total. The standard InChI is InChI=1S/C23H18N6OS/c1-16-7-5-6-10-19(16)29-21(17-11-13-24-14-12-17)26-27-23(29)31-15-20-25-22(30-28-20)18-8-3-2-4-9-18/h2-14H,15H2,1H3. The topological polar surface area (TPSA) is 82.5 Å². The number of nitrogens with zero attached hydrogens (tertiary/aromatic N) is 6. The van der Waals surface area contributed by atoms with Crippen LogP contribution in [-0.2, 0) is 5.75 Å². The lowest BCUT2D eigenvalue weighted by atomic mass is 10.2. The van der Waals surface area contributed by atoms with Crippen molar-refractivity contribution in [3.05, 3.63) is 90.5 Å². The van der Waals surface area contributed by atoms with Gasteiger partial charge in [-0.05, 0) is 42.8 Å². The molecule has 5 aromatic rings. The number of pyridine rings is 1. The van der Waals surface area contributed by atoms with Crippen molar-refractivity contribution in [2.45, 2.75) is 17.8 Å². The number of aryl methyl sites for hydroxylation is 1. The zero-order valence-corrected chi connectivity index (χ0v) is 17.5. The minimum absolute atomic E-state index is 0.508. The minimum atomic E-state index is 0.508. The van der Waals surface area contributed by atoms with Gasteiger partial charge in [-0.1, -0.05) is 53.3 Å². The lowest BCUT2D eigenvalue weighted by Gasteiger charge is -2.12. The number of hydrogen-bond donors (Lipinski definition) is 0. The van der Waals surface area contributed by atoms with Crippen LogP contribution in [-0.4, -0.2) is 29.9 Å². The zero-order chi connectivity index (χ0) is 21.0. The van der Waals surface area contributed by atoms with Gasteiger partial charge in [0.15, 0.2) is 16.8 Å². The Balaban J connectivity index is 1.47. The number of hydrogen-bond acceptors (Lipinski definition) is 7. The second-order valence-corrected chi connectivity index (χ2v) is 7.78. The van der Waals surface area contributed by atoms with E-state index >= 15 is 0 Å². The third kappa shape index (κ3) is 3.97. The fourth-order valence-electron chi connectivity index (χ4n) is 3.22. The molecular weight excluding hydrogens is 408 g/mol. The van der Waals surface area contributed by atoms with Crippen molar-refractivity contribution in [2.24, 2.45) is 0 Å². The Labute approximate surface area is 183 Å². The average Bonchev–Trinajstić information content (AvgIpc) is 3.46. The Hall–Kier alpha value is -3.78. The van der Waals surface area contributed by atoms with E-state index in [1.54, 1.807) is 12.4 Å². The Morgan fingerprint density at radius 3 is 2.45 bits per heavy atom. The normalized spacial score (nSPS) is 11.0. The number of rotatable bonds is 6. The maximum Gasteiger partial charge on any atom is 0.257 e. The molecule has 3 aromatic heterocycles. The number of aromatic nitrogens is 6. The maximum absolute atomic E-state index is 5.42. The zero-order valence-electron chi connectivity index (χ0n) is 16.7. The molecule has 152 valence electrons. The quantitative estimate of drug-likeness (QED) is 0.354. The molecule has 3 heterocycles. The van der Waals surface area contributed by atoms with Gasteiger partial charge in [0.05, 0.1) is 11.4 Å². The summed E-state index contributed by atoms with van der Waals surface area (Å²) < 4.78 is 7.49. The van der Waals surface area contributed by atoms with Crippen molar-refractivity contribution >= 4 is 11.8 Å². The molecular formula is C23H18N6OS. The van der Waals surface area contributed by atoms with E-state index in [2.05, 4.69) is 48.9 Å². The number of benzene rings is 2. The minimum Gasteiger partial charge on any atom is -0.334 e. The molecule has 0 bridgehead atoms.